The van der Waals surface area contributed by atoms with E-state index in [0.717, 1.165) is 17.7 Å². The molecule has 5 nitrogen and oxygen atoms in total. The van der Waals surface area contributed by atoms with E-state index in [1.54, 1.807) is 12.1 Å². The van der Waals surface area contributed by atoms with E-state index in [4.69, 9.17) is 4.74 Å². The van der Waals surface area contributed by atoms with E-state index in [9.17, 15) is 19.6 Å². The third kappa shape index (κ3) is 2.75. The molecule has 0 saturated carbocycles. The van der Waals surface area contributed by atoms with Gasteiger partial charge in [-0.15, -0.1) is 0 Å². The molecule has 20 heavy (non-hydrogen) atoms. The molecule has 0 aliphatic heterocycles. The largest absolute Gasteiger partial charge is 0.447 e. The molecule has 0 bridgehead atoms. The van der Waals surface area contributed by atoms with Crippen LogP contribution in [0.15, 0.2) is 36.4 Å². The zero-order valence-electron chi connectivity index (χ0n) is 10.7. The minimum absolute atomic E-state index is 0.186. The summed E-state index contributed by atoms with van der Waals surface area (Å²) in [6, 6.07) is 8.39. The number of halogens is 1. The molecule has 0 aromatic heterocycles. The maximum atomic E-state index is 13.7. The fourth-order valence-electron chi connectivity index (χ4n) is 1.78. The molecule has 104 valence electrons. The number of rotatable bonds is 4. The molecular formula is C14H12FNO4. The second-order valence-electron chi connectivity index (χ2n) is 4.22. The molecule has 2 aromatic rings. The summed E-state index contributed by atoms with van der Waals surface area (Å²) in [5, 5.41) is 20.1. The fraction of sp³-hybridized carbons (Fsp3) is 0.143. The van der Waals surface area contributed by atoms with Gasteiger partial charge in [0.05, 0.1) is 11.5 Å². The van der Waals surface area contributed by atoms with Gasteiger partial charge in [-0.2, -0.15) is 0 Å². The van der Waals surface area contributed by atoms with E-state index in [2.05, 4.69) is 0 Å². The summed E-state index contributed by atoms with van der Waals surface area (Å²) >= 11 is 0. The number of hydrogen-bond donors (Lipinski definition) is 1. The number of nitrogens with zero attached hydrogens (tertiary/aromatic N) is 1. The van der Waals surface area contributed by atoms with Crippen LogP contribution >= 0.6 is 0 Å². The van der Waals surface area contributed by atoms with Gasteiger partial charge in [0, 0.05) is 11.6 Å². The minimum Gasteiger partial charge on any atom is -0.447 e. The smallest absolute Gasteiger partial charge is 0.314 e. The van der Waals surface area contributed by atoms with E-state index < -0.39 is 22.2 Å². The van der Waals surface area contributed by atoms with Gasteiger partial charge in [-0.05, 0) is 19.1 Å². The summed E-state index contributed by atoms with van der Waals surface area (Å²) in [6.45, 7) is 1.52. The standard InChI is InChI=1S/C14H12FNO4/c1-9-5-6-13(10(7-9)8-17)20-14-11(15)3-2-4-12(14)16(18)19/h2-7,17H,8H2,1H3. The number of benzene rings is 2. The first kappa shape index (κ1) is 14.0. The Bertz CT molecular complexity index is 658. The Morgan fingerprint density at radius 1 is 1.35 bits per heavy atom. The lowest BCUT2D eigenvalue weighted by Crippen LogP contribution is -1.98. The van der Waals surface area contributed by atoms with E-state index in [1.165, 1.54) is 12.1 Å². The molecule has 0 amide bonds. The predicted molar refractivity (Wildman–Crippen MR) is 70.2 cm³/mol. The molecule has 0 radical (unpaired) electrons. The van der Waals surface area contributed by atoms with Crippen molar-refractivity contribution in [2.75, 3.05) is 0 Å². The Balaban J connectivity index is 2.47. The van der Waals surface area contributed by atoms with Crippen molar-refractivity contribution in [1.82, 2.24) is 0 Å². The normalized spacial score (nSPS) is 10.3. The van der Waals surface area contributed by atoms with Crippen LogP contribution in [0.4, 0.5) is 10.1 Å². The Morgan fingerprint density at radius 3 is 2.75 bits per heavy atom. The van der Waals surface area contributed by atoms with Crippen molar-refractivity contribution in [3.8, 4) is 11.5 Å². The zero-order chi connectivity index (χ0) is 14.7. The van der Waals surface area contributed by atoms with Gasteiger partial charge in [0.15, 0.2) is 5.82 Å². The number of ether oxygens (including phenoxy) is 1. The predicted octanol–water partition coefficient (Wildman–Crippen LogP) is 3.33. The second kappa shape index (κ2) is 5.66. The van der Waals surface area contributed by atoms with Crippen LogP contribution in [0, 0.1) is 22.9 Å². The Kier molecular flexibility index (Phi) is 3.95. The highest BCUT2D eigenvalue weighted by Crippen LogP contribution is 2.35. The lowest BCUT2D eigenvalue weighted by atomic mass is 10.1. The van der Waals surface area contributed by atoms with E-state index in [-0.39, 0.29) is 12.4 Å². The Morgan fingerprint density at radius 2 is 2.10 bits per heavy atom. The first-order chi connectivity index (χ1) is 9.52. The second-order valence-corrected chi connectivity index (χ2v) is 4.22. The van der Waals surface area contributed by atoms with Crippen LogP contribution in [0.1, 0.15) is 11.1 Å². The molecule has 0 atom stereocenters. The number of para-hydroxylation sites is 1. The number of hydrogen-bond acceptors (Lipinski definition) is 4. The van der Waals surface area contributed by atoms with Crippen LogP contribution in [-0.2, 0) is 6.61 Å². The minimum atomic E-state index is -0.830. The molecule has 0 aliphatic rings. The lowest BCUT2D eigenvalue weighted by molar-refractivity contribution is -0.385. The van der Waals surface area contributed by atoms with Crippen LogP contribution in [-0.4, -0.2) is 10.0 Å². The van der Waals surface area contributed by atoms with Crippen molar-refractivity contribution in [3.63, 3.8) is 0 Å². The van der Waals surface area contributed by atoms with Crippen LogP contribution in [0.5, 0.6) is 11.5 Å². The monoisotopic (exact) mass is 277 g/mol. The maximum Gasteiger partial charge on any atom is 0.314 e. The van der Waals surface area contributed by atoms with Gasteiger partial charge in [-0.3, -0.25) is 10.1 Å². The van der Waals surface area contributed by atoms with Crippen LogP contribution in [0.25, 0.3) is 0 Å². The van der Waals surface area contributed by atoms with E-state index in [0.29, 0.717) is 5.56 Å². The fourth-order valence-corrected chi connectivity index (χ4v) is 1.78. The van der Waals surface area contributed by atoms with E-state index in [1.807, 2.05) is 6.92 Å². The molecule has 0 fully saturated rings. The average molecular weight is 277 g/mol. The zero-order valence-corrected chi connectivity index (χ0v) is 10.7. The molecular weight excluding hydrogens is 265 g/mol. The topological polar surface area (TPSA) is 72.6 Å². The Labute approximate surface area is 114 Å². The highest BCUT2D eigenvalue weighted by atomic mass is 19.1. The molecule has 6 heteroatoms. The third-order valence-corrected chi connectivity index (χ3v) is 2.74. The number of nitro groups is 1. The quantitative estimate of drug-likeness (QED) is 0.687. The SMILES string of the molecule is Cc1ccc(Oc2c(F)cccc2[N+](=O)[O-])c(CO)c1. The van der Waals surface area contributed by atoms with E-state index >= 15 is 0 Å². The van der Waals surface area contributed by atoms with Gasteiger partial charge >= 0.3 is 5.69 Å². The summed E-state index contributed by atoms with van der Waals surface area (Å²) in [5.74, 6) is -1.11. The maximum absolute atomic E-state index is 13.7. The Hall–Kier alpha value is -2.47. The highest BCUT2D eigenvalue weighted by molar-refractivity contribution is 5.50. The van der Waals surface area contributed by atoms with Gasteiger partial charge in [0.25, 0.3) is 0 Å². The number of aliphatic hydroxyl groups is 1. The third-order valence-electron chi connectivity index (χ3n) is 2.74. The summed E-state index contributed by atoms with van der Waals surface area (Å²) in [5.41, 5.74) is 0.862. The van der Waals surface area contributed by atoms with Crippen molar-refractivity contribution in [3.05, 3.63) is 63.5 Å². The number of nitro benzene ring substituents is 1. The molecule has 0 spiro atoms. The molecule has 0 heterocycles. The van der Waals surface area contributed by atoms with Gasteiger partial charge in [0.2, 0.25) is 5.75 Å². The van der Waals surface area contributed by atoms with Crippen molar-refractivity contribution >= 4 is 5.69 Å². The van der Waals surface area contributed by atoms with Crippen molar-refractivity contribution in [1.29, 1.82) is 0 Å². The van der Waals surface area contributed by atoms with Crippen molar-refractivity contribution in [2.45, 2.75) is 13.5 Å². The van der Waals surface area contributed by atoms with Crippen molar-refractivity contribution in [2.24, 2.45) is 0 Å². The molecule has 0 unspecified atom stereocenters. The van der Waals surface area contributed by atoms with Crippen LogP contribution in [0.3, 0.4) is 0 Å². The van der Waals surface area contributed by atoms with Gasteiger partial charge < -0.3 is 9.84 Å². The molecule has 2 aromatic carbocycles. The molecule has 1 N–H and O–H groups in total. The molecule has 2 rings (SSSR count). The van der Waals surface area contributed by atoms with Gasteiger partial charge in [-0.25, -0.2) is 4.39 Å². The summed E-state index contributed by atoms with van der Waals surface area (Å²) in [7, 11) is 0. The van der Waals surface area contributed by atoms with Crippen LogP contribution < -0.4 is 4.74 Å². The first-order valence-electron chi connectivity index (χ1n) is 5.84. The number of aryl methyl sites for hydroxylation is 1. The molecule has 0 aliphatic carbocycles. The van der Waals surface area contributed by atoms with Crippen molar-refractivity contribution < 1.29 is 19.2 Å². The summed E-state index contributed by atoms with van der Waals surface area (Å²) in [6.07, 6.45) is 0. The van der Waals surface area contributed by atoms with Gasteiger partial charge in [-0.1, -0.05) is 23.8 Å². The first-order valence-corrected chi connectivity index (χ1v) is 5.84. The lowest BCUT2D eigenvalue weighted by Gasteiger charge is -2.11. The highest BCUT2D eigenvalue weighted by Gasteiger charge is 2.21. The summed E-state index contributed by atoms with van der Waals surface area (Å²) < 4.78 is 19.0. The van der Waals surface area contributed by atoms with Gasteiger partial charge in [0.1, 0.15) is 5.75 Å². The number of aliphatic hydroxyl groups excluding tert-OH is 1. The van der Waals surface area contributed by atoms with Crippen LogP contribution in [0.2, 0.25) is 0 Å². The average Bonchev–Trinajstić information content (AvgIpc) is 2.42. The summed E-state index contributed by atoms with van der Waals surface area (Å²) in [4.78, 5) is 10.2. The molecule has 0 saturated heterocycles.